The normalized spacial score (nSPS) is 21.1. The van der Waals surface area contributed by atoms with Crippen molar-refractivity contribution in [2.75, 3.05) is 20.7 Å². The van der Waals surface area contributed by atoms with Gasteiger partial charge in [-0.05, 0) is 36.9 Å². The molecule has 1 aromatic carbocycles. The molecule has 0 aromatic heterocycles. The van der Waals surface area contributed by atoms with Crippen LogP contribution in [0.15, 0.2) is 48.1 Å². The Bertz CT molecular complexity index is 768. The summed E-state index contributed by atoms with van der Waals surface area (Å²) < 4.78 is 58.1. The van der Waals surface area contributed by atoms with Crippen LogP contribution in [0.2, 0.25) is 0 Å². The van der Waals surface area contributed by atoms with Crippen molar-refractivity contribution in [1.29, 1.82) is 0 Å². The Balaban J connectivity index is 2.32. The minimum atomic E-state index is -4.86. The highest BCUT2D eigenvalue weighted by atomic mass is 19.4. The Morgan fingerprint density at radius 3 is 2.27 bits per heavy atom. The lowest BCUT2D eigenvalue weighted by atomic mass is 9.84. The van der Waals surface area contributed by atoms with Crippen molar-refractivity contribution >= 4 is 11.8 Å². The highest BCUT2D eigenvalue weighted by molar-refractivity contribution is 6.11. The molecule has 0 spiro atoms. The number of hydrogen-bond donors (Lipinski definition) is 0. The van der Waals surface area contributed by atoms with E-state index < -0.39 is 35.7 Å². The second-order valence-electron chi connectivity index (χ2n) is 5.95. The number of nitrogens with zero attached hydrogens (tertiary/aromatic N) is 1. The van der Waals surface area contributed by atoms with Gasteiger partial charge >= 0.3 is 12.1 Å². The molecular formula is C18H17F4NO3. The number of methoxy groups -OCH3 is 1. The molecule has 4 nitrogen and oxygen atoms in total. The third kappa shape index (κ3) is 3.29. The molecule has 0 aliphatic carbocycles. The molecule has 1 unspecified atom stereocenters. The van der Waals surface area contributed by atoms with Crippen molar-refractivity contribution in [3.05, 3.63) is 59.4 Å². The number of carbonyl (C=O) groups excluding carboxylic acids is 2. The molecule has 1 aliphatic rings. The number of likely N-dealkylation sites (N-methyl/N-ethyl adjacent to an activating group) is 1. The van der Waals surface area contributed by atoms with Crippen molar-refractivity contribution in [1.82, 2.24) is 4.90 Å². The van der Waals surface area contributed by atoms with E-state index in [0.717, 1.165) is 31.2 Å². The van der Waals surface area contributed by atoms with Gasteiger partial charge in [0.05, 0.1) is 7.11 Å². The maximum atomic E-state index is 13.6. The van der Waals surface area contributed by atoms with E-state index in [1.807, 2.05) is 0 Å². The van der Waals surface area contributed by atoms with E-state index >= 15 is 0 Å². The lowest BCUT2D eigenvalue weighted by Crippen LogP contribution is -2.64. The minimum Gasteiger partial charge on any atom is -0.467 e. The number of halogens is 4. The Kier molecular flexibility index (Phi) is 5.36. The first-order valence-electron chi connectivity index (χ1n) is 7.59. The quantitative estimate of drug-likeness (QED) is 0.353. The van der Waals surface area contributed by atoms with E-state index in [1.54, 1.807) is 0 Å². The smallest absolute Gasteiger partial charge is 0.417 e. The predicted molar refractivity (Wildman–Crippen MR) is 86.0 cm³/mol. The summed E-state index contributed by atoms with van der Waals surface area (Å²) >= 11 is 0. The van der Waals surface area contributed by atoms with Crippen LogP contribution in [0, 0.1) is 5.82 Å². The Hall–Kier alpha value is -2.48. The molecule has 0 saturated heterocycles. The Morgan fingerprint density at radius 1 is 1.23 bits per heavy atom. The van der Waals surface area contributed by atoms with Gasteiger partial charge in [-0.1, -0.05) is 12.7 Å². The van der Waals surface area contributed by atoms with Crippen LogP contribution in [0.3, 0.4) is 0 Å². The topological polar surface area (TPSA) is 46.6 Å². The van der Waals surface area contributed by atoms with Crippen LogP contribution in [0.1, 0.15) is 16.8 Å². The molecule has 0 bridgehead atoms. The first kappa shape index (κ1) is 19.8. The first-order valence-corrected chi connectivity index (χ1v) is 7.59. The Labute approximate surface area is 147 Å². The SMILES string of the molecule is C=C(C(=O)c1ccc(F)cc1)C1=CCC(C(=O)OC)(C(F)(F)F)N(C)C1. The largest absolute Gasteiger partial charge is 0.467 e. The van der Waals surface area contributed by atoms with Crippen molar-refractivity contribution in [2.45, 2.75) is 18.1 Å². The van der Waals surface area contributed by atoms with Crippen LogP contribution in [-0.2, 0) is 9.53 Å². The lowest BCUT2D eigenvalue weighted by molar-refractivity contribution is -0.236. The van der Waals surface area contributed by atoms with E-state index in [2.05, 4.69) is 11.3 Å². The van der Waals surface area contributed by atoms with Crippen LogP contribution in [-0.4, -0.2) is 49.1 Å². The summed E-state index contributed by atoms with van der Waals surface area (Å²) in [4.78, 5) is 25.1. The molecule has 0 radical (unpaired) electrons. The number of hydrogen-bond acceptors (Lipinski definition) is 4. The fourth-order valence-electron chi connectivity index (χ4n) is 2.88. The molecule has 0 amide bonds. The number of benzene rings is 1. The first-order chi connectivity index (χ1) is 12.0. The number of carbonyl (C=O) groups is 2. The number of alkyl halides is 3. The van der Waals surface area contributed by atoms with Gasteiger partial charge in [-0.2, -0.15) is 13.2 Å². The average molecular weight is 371 g/mol. The van der Waals surface area contributed by atoms with Crippen LogP contribution in [0.4, 0.5) is 17.6 Å². The maximum absolute atomic E-state index is 13.6. The zero-order valence-electron chi connectivity index (χ0n) is 14.2. The number of Topliss-reactive ketones (excluding diaryl/α,β-unsaturated/α-hetero) is 1. The molecule has 2 rings (SSSR count). The van der Waals surface area contributed by atoms with Gasteiger partial charge in [0.2, 0.25) is 5.54 Å². The summed E-state index contributed by atoms with van der Waals surface area (Å²) in [6, 6.07) is 4.75. The molecular weight excluding hydrogens is 354 g/mol. The molecule has 140 valence electrons. The summed E-state index contributed by atoms with van der Waals surface area (Å²) in [5.74, 6) is -2.46. The molecule has 1 aliphatic heterocycles. The van der Waals surface area contributed by atoms with Crippen LogP contribution < -0.4 is 0 Å². The van der Waals surface area contributed by atoms with Gasteiger partial charge in [0.15, 0.2) is 5.78 Å². The van der Waals surface area contributed by atoms with Gasteiger partial charge in [0.1, 0.15) is 5.82 Å². The zero-order valence-corrected chi connectivity index (χ0v) is 14.2. The molecule has 0 fully saturated rings. The molecule has 0 saturated carbocycles. The number of ether oxygens (including phenoxy) is 1. The highest BCUT2D eigenvalue weighted by Crippen LogP contribution is 2.42. The average Bonchev–Trinajstić information content (AvgIpc) is 2.59. The van der Waals surface area contributed by atoms with Crippen molar-refractivity contribution in [3.8, 4) is 0 Å². The molecule has 8 heteroatoms. The van der Waals surface area contributed by atoms with Gasteiger partial charge in [0, 0.05) is 24.1 Å². The fourth-order valence-corrected chi connectivity index (χ4v) is 2.88. The third-order valence-electron chi connectivity index (χ3n) is 4.46. The molecule has 26 heavy (non-hydrogen) atoms. The van der Waals surface area contributed by atoms with E-state index in [0.29, 0.717) is 0 Å². The van der Waals surface area contributed by atoms with Crippen molar-refractivity contribution < 1.29 is 31.9 Å². The zero-order chi connectivity index (χ0) is 19.7. The van der Waals surface area contributed by atoms with Gasteiger partial charge in [-0.25, -0.2) is 9.18 Å². The second kappa shape index (κ2) is 7.03. The Morgan fingerprint density at radius 2 is 1.81 bits per heavy atom. The number of esters is 1. The number of ketones is 1. The fraction of sp³-hybridized carbons (Fsp3) is 0.333. The minimum absolute atomic E-state index is 0.0101. The van der Waals surface area contributed by atoms with Crippen molar-refractivity contribution in [3.63, 3.8) is 0 Å². The number of rotatable bonds is 4. The van der Waals surface area contributed by atoms with Crippen molar-refractivity contribution in [2.24, 2.45) is 0 Å². The standard InChI is InChI=1S/C18H17F4NO3/c1-11(15(24)12-4-6-14(19)7-5-12)13-8-9-17(16(25)26-3,18(20,21)22)23(2)10-13/h4-8H,1,9-10H2,2-3H3. The molecule has 0 N–H and O–H groups in total. The lowest BCUT2D eigenvalue weighted by Gasteiger charge is -2.43. The molecule has 1 heterocycles. The summed E-state index contributed by atoms with van der Waals surface area (Å²) in [5, 5.41) is 0. The molecule has 1 aromatic rings. The van der Waals surface area contributed by atoms with Crippen LogP contribution >= 0.6 is 0 Å². The van der Waals surface area contributed by atoms with Crippen LogP contribution in [0.25, 0.3) is 0 Å². The maximum Gasteiger partial charge on any atom is 0.417 e. The van der Waals surface area contributed by atoms with E-state index in [1.165, 1.54) is 18.2 Å². The van der Waals surface area contributed by atoms with E-state index in [9.17, 15) is 27.2 Å². The summed E-state index contributed by atoms with van der Waals surface area (Å²) in [7, 11) is 2.02. The van der Waals surface area contributed by atoms with Crippen LogP contribution in [0.5, 0.6) is 0 Å². The summed E-state index contributed by atoms with van der Waals surface area (Å²) in [6.07, 6.45) is -4.39. The summed E-state index contributed by atoms with van der Waals surface area (Å²) in [5.41, 5.74) is -2.39. The molecule has 1 atom stereocenters. The van der Waals surface area contributed by atoms with Gasteiger partial charge in [0.25, 0.3) is 0 Å². The van der Waals surface area contributed by atoms with E-state index in [4.69, 9.17) is 0 Å². The monoisotopic (exact) mass is 371 g/mol. The van der Waals surface area contributed by atoms with E-state index in [-0.39, 0.29) is 23.3 Å². The highest BCUT2D eigenvalue weighted by Gasteiger charge is 2.64. The second-order valence-corrected chi connectivity index (χ2v) is 5.95. The third-order valence-corrected chi connectivity index (χ3v) is 4.46. The summed E-state index contributed by atoms with van der Waals surface area (Å²) in [6.45, 7) is 3.33. The predicted octanol–water partition coefficient (Wildman–Crippen LogP) is 3.30. The van der Waals surface area contributed by atoms with Gasteiger partial charge in [-0.3, -0.25) is 9.69 Å². The van der Waals surface area contributed by atoms with Gasteiger partial charge in [-0.15, -0.1) is 0 Å². The van der Waals surface area contributed by atoms with Gasteiger partial charge < -0.3 is 4.74 Å².